The summed E-state index contributed by atoms with van der Waals surface area (Å²) in [7, 11) is -0.141. The summed E-state index contributed by atoms with van der Waals surface area (Å²) in [6.45, 7) is 4.61. The van der Waals surface area contributed by atoms with Crippen LogP contribution >= 0.6 is 8.60 Å². The monoisotopic (exact) mass is 527 g/mol. The molecule has 0 bridgehead atoms. The molecule has 1 rings (SSSR count). The lowest BCUT2D eigenvalue weighted by Gasteiger charge is -2.19. The molecule has 1 aromatic carbocycles. The van der Waals surface area contributed by atoms with Gasteiger partial charge in [0.05, 0.1) is 19.8 Å². The quantitative estimate of drug-likeness (QED) is 0.0786. The van der Waals surface area contributed by atoms with E-state index in [0.29, 0.717) is 26.1 Å². The maximum Gasteiger partial charge on any atom is 0.329 e. The number of rotatable bonds is 26. The van der Waals surface area contributed by atoms with Crippen LogP contribution in [0.15, 0.2) is 24.3 Å². The van der Waals surface area contributed by atoms with Gasteiger partial charge in [0.2, 0.25) is 0 Å². The summed E-state index contributed by atoms with van der Waals surface area (Å²) in [4.78, 5) is 20.9. The number of hydrogen-bond donors (Lipinski definition) is 2. The third-order valence-corrected chi connectivity index (χ3v) is 6.84. The number of ether oxygens (including phenoxy) is 2. The van der Waals surface area contributed by atoms with Gasteiger partial charge in [0, 0.05) is 6.42 Å². The lowest BCUT2D eigenvalue weighted by atomic mass is 10.1. The van der Waals surface area contributed by atoms with Gasteiger partial charge in [-0.3, -0.25) is 4.79 Å². The Morgan fingerprint density at radius 3 is 2.17 bits per heavy atom. The molecule has 0 aromatic heterocycles. The Morgan fingerprint density at radius 1 is 0.889 bits per heavy atom. The Kier molecular flexibility index (Phi) is 22.0. The van der Waals surface area contributed by atoms with E-state index in [1.165, 1.54) is 70.6 Å². The zero-order valence-corrected chi connectivity index (χ0v) is 23.5. The minimum Gasteiger partial charge on any atom is -0.493 e. The van der Waals surface area contributed by atoms with Crippen molar-refractivity contribution < 1.29 is 28.2 Å². The van der Waals surface area contributed by atoms with Gasteiger partial charge in [-0.05, 0) is 38.1 Å². The van der Waals surface area contributed by atoms with Crippen LogP contribution in [-0.2, 0) is 25.0 Å². The van der Waals surface area contributed by atoms with E-state index in [1.807, 2.05) is 31.3 Å². The molecule has 0 heterocycles. The second kappa shape index (κ2) is 24.1. The number of nitrogens with one attached hydrogen (secondary N) is 1. The average molecular weight is 528 g/mol. The van der Waals surface area contributed by atoms with Crippen molar-refractivity contribution in [2.45, 2.75) is 103 Å². The molecule has 2 atom stereocenters. The molecule has 2 N–H and O–H groups in total. The fraction of sp³-hybridized carbons (Fsp3) is 0.750. The Bertz CT molecular complexity index is 636. The van der Waals surface area contributed by atoms with E-state index in [9.17, 15) is 9.69 Å². The van der Waals surface area contributed by atoms with E-state index in [1.54, 1.807) is 0 Å². The van der Waals surface area contributed by atoms with Crippen molar-refractivity contribution in [3.63, 3.8) is 0 Å². The van der Waals surface area contributed by atoms with Gasteiger partial charge in [-0.2, -0.15) is 0 Å². The predicted octanol–water partition coefficient (Wildman–Crippen LogP) is 6.71. The van der Waals surface area contributed by atoms with Crippen LogP contribution < -0.4 is 10.1 Å². The van der Waals surface area contributed by atoms with E-state index in [4.69, 9.17) is 18.5 Å². The third-order valence-electron chi connectivity index (χ3n) is 6.07. The molecule has 1 aromatic rings. The maximum atomic E-state index is 11.0. The minimum absolute atomic E-state index is 0.0556. The second-order valence-corrected chi connectivity index (χ2v) is 10.2. The largest absolute Gasteiger partial charge is 0.493 e. The van der Waals surface area contributed by atoms with Crippen molar-refractivity contribution >= 4 is 15.1 Å². The molecule has 0 spiro atoms. The summed E-state index contributed by atoms with van der Waals surface area (Å²) >= 11 is 0. The van der Waals surface area contributed by atoms with Crippen molar-refractivity contribution in [2.24, 2.45) is 0 Å². The van der Waals surface area contributed by atoms with Crippen molar-refractivity contribution in [3.05, 3.63) is 29.8 Å². The highest BCUT2D eigenvalue weighted by Gasteiger charge is 2.17. The smallest absolute Gasteiger partial charge is 0.329 e. The molecule has 0 fully saturated rings. The lowest BCUT2D eigenvalue weighted by Crippen LogP contribution is -2.22. The fourth-order valence-electron chi connectivity index (χ4n) is 3.98. The van der Waals surface area contributed by atoms with Crippen LogP contribution in [0.3, 0.4) is 0 Å². The van der Waals surface area contributed by atoms with E-state index in [2.05, 4.69) is 12.2 Å². The van der Waals surface area contributed by atoms with Gasteiger partial charge in [0.1, 0.15) is 11.9 Å². The normalized spacial score (nSPS) is 12.9. The number of carbonyl (C=O) groups is 1. The van der Waals surface area contributed by atoms with Crippen LogP contribution in [0.25, 0.3) is 0 Å². The SMILES string of the molecule is CCCCCCCCCCCCCCOc1ccccc1CC(COP(O)OCCCNC)OC=O. The number of hydrogen-bond acceptors (Lipinski definition) is 7. The Morgan fingerprint density at radius 2 is 1.53 bits per heavy atom. The molecule has 36 heavy (non-hydrogen) atoms. The molecule has 8 heteroatoms. The summed E-state index contributed by atoms with van der Waals surface area (Å²) in [6, 6.07) is 7.79. The zero-order chi connectivity index (χ0) is 26.1. The topological polar surface area (TPSA) is 86.2 Å². The molecule has 0 aliphatic heterocycles. The van der Waals surface area contributed by atoms with Crippen LogP contribution in [0, 0.1) is 0 Å². The van der Waals surface area contributed by atoms with Gasteiger partial charge in [0.15, 0.2) is 0 Å². The van der Waals surface area contributed by atoms with Crippen molar-refractivity contribution in [3.8, 4) is 5.75 Å². The highest BCUT2D eigenvalue weighted by atomic mass is 31.2. The van der Waals surface area contributed by atoms with Crippen LogP contribution in [-0.4, -0.2) is 50.9 Å². The third kappa shape index (κ3) is 18.1. The molecule has 0 saturated heterocycles. The van der Waals surface area contributed by atoms with Crippen LogP contribution in [0.4, 0.5) is 0 Å². The summed E-state index contributed by atoms with van der Waals surface area (Å²) in [5.74, 6) is 0.801. The highest BCUT2D eigenvalue weighted by Crippen LogP contribution is 2.33. The first-order chi connectivity index (χ1) is 17.7. The zero-order valence-electron chi connectivity index (χ0n) is 22.6. The molecule has 0 aliphatic rings. The summed E-state index contributed by atoms with van der Waals surface area (Å²) < 4.78 is 21.9. The van der Waals surface area contributed by atoms with Gasteiger partial charge in [-0.15, -0.1) is 0 Å². The van der Waals surface area contributed by atoms with E-state index in [-0.39, 0.29) is 6.61 Å². The highest BCUT2D eigenvalue weighted by molar-refractivity contribution is 7.40. The fourth-order valence-corrected chi connectivity index (χ4v) is 4.64. The molecule has 2 unspecified atom stereocenters. The molecular weight excluding hydrogens is 477 g/mol. The van der Waals surface area contributed by atoms with Crippen molar-refractivity contribution in [1.29, 1.82) is 0 Å². The molecule has 0 amide bonds. The standard InChI is InChI=1S/C28H50NO6P/c1-3-4-5-6-7-8-9-10-11-12-13-16-21-32-28-19-15-14-18-26(28)23-27(33-25-30)24-35-36(31)34-22-17-20-29-2/h14-15,18-19,25,27,29,31H,3-13,16-17,20-24H2,1-2H3. The van der Waals surface area contributed by atoms with E-state index >= 15 is 0 Å². The first-order valence-electron chi connectivity index (χ1n) is 13.9. The van der Waals surface area contributed by atoms with Crippen LogP contribution in [0.2, 0.25) is 0 Å². The number of benzene rings is 1. The maximum absolute atomic E-state index is 11.0. The van der Waals surface area contributed by atoms with Crippen LogP contribution in [0.5, 0.6) is 5.75 Å². The van der Waals surface area contributed by atoms with Crippen LogP contribution in [0.1, 0.15) is 96.0 Å². The average Bonchev–Trinajstić information content (AvgIpc) is 2.89. The summed E-state index contributed by atoms with van der Waals surface area (Å²) in [6.07, 6.45) is 16.4. The van der Waals surface area contributed by atoms with Gasteiger partial charge >= 0.3 is 8.60 Å². The summed E-state index contributed by atoms with van der Waals surface area (Å²) in [5, 5.41) is 3.01. The summed E-state index contributed by atoms with van der Waals surface area (Å²) in [5.41, 5.74) is 0.948. The number of carbonyl (C=O) groups excluding carboxylic acids is 1. The molecule has 7 nitrogen and oxygen atoms in total. The molecule has 208 valence electrons. The van der Waals surface area contributed by atoms with Crippen molar-refractivity contribution in [1.82, 2.24) is 5.32 Å². The first kappa shape index (κ1) is 32.8. The first-order valence-corrected chi connectivity index (χ1v) is 15.0. The van der Waals surface area contributed by atoms with Gasteiger partial charge in [-0.25, -0.2) is 0 Å². The lowest BCUT2D eigenvalue weighted by molar-refractivity contribution is -0.135. The van der Waals surface area contributed by atoms with Gasteiger partial charge < -0.3 is 28.7 Å². The molecular formula is C28H50NO6P. The Labute approximate surface area is 220 Å². The molecule has 0 radical (unpaired) electrons. The predicted molar refractivity (Wildman–Crippen MR) is 147 cm³/mol. The molecule has 0 aliphatic carbocycles. The Hall–Kier alpha value is -1.24. The molecule has 0 saturated carbocycles. The van der Waals surface area contributed by atoms with Crippen molar-refractivity contribution in [2.75, 3.05) is 33.4 Å². The number of para-hydroxylation sites is 1. The number of unbranched alkanes of at least 4 members (excludes halogenated alkanes) is 11. The van der Waals surface area contributed by atoms with E-state index in [0.717, 1.165) is 30.7 Å². The Balaban J connectivity index is 2.25. The minimum atomic E-state index is -2.00. The van der Waals surface area contributed by atoms with Gasteiger partial charge in [0.25, 0.3) is 6.47 Å². The van der Waals surface area contributed by atoms with E-state index < -0.39 is 14.7 Å². The van der Waals surface area contributed by atoms with Gasteiger partial charge in [-0.1, -0.05) is 95.8 Å². The second-order valence-electron chi connectivity index (χ2n) is 9.23.